The fourth-order valence-corrected chi connectivity index (χ4v) is 2.95. The Balaban J connectivity index is 0.000000597. The molecule has 0 bridgehead atoms. The van der Waals surface area contributed by atoms with Crippen LogP contribution in [0.5, 0.6) is 0 Å². The molecule has 0 aliphatic heterocycles. The van der Waals surface area contributed by atoms with Gasteiger partial charge >= 0.3 is 11.9 Å². The van der Waals surface area contributed by atoms with Crippen LogP contribution < -0.4 is 11.1 Å². The number of carbonyl (C=O) groups excluding carboxylic acids is 1. The van der Waals surface area contributed by atoms with Crippen molar-refractivity contribution in [1.29, 1.82) is 0 Å². The number of carboxylic acids is 1. The molecular weight excluding hydrogens is 332 g/mol. The molecule has 0 amide bonds. The molecule has 2 rings (SSSR count). The monoisotopic (exact) mass is 364 g/mol. The first-order chi connectivity index (χ1) is 12.4. The highest BCUT2D eigenvalue weighted by atomic mass is 16.5. The fourth-order valence-electron chi connectivity index (χ4n) is 2.95. The topological polar surface area (TPSA) is 102 Å². The third-order valence-electron chi connectivity index (χ3n) is 4.46. The van der Waals surface area contributed by atoms with E-state index in [1.807, 2.05) is 6.92 Å². The van der Waals surface area contributed by atoms with Crippen LogP contribution in [0.2, 0.25) is 0 Å². The third kappa shape index (κ3) is 7.44. The minimum atomic E-state index is -0.968. The van der Waals surface area contributed by atoms with Gasteiger partial charge in [-0.25, -0.2) is 4.79 Å². The Bertz CT molecular complexity index is 583. The van der Waals surface area contributed by atoms with Crippen molar-refractivity contribution in [2.45, 2.75) is 71.4 Å². The number of nitrogens with one attached hydrogen (secondary N) is 1. The van der Waals surface area contributed by atoms with Gasteiger partial charge in [-0.1, -0.05) is 31.5 Å². The lowest BCUT2D eigenvalue weighted by molar-refractivity contribution is -0.151. The summed E-state index contributed by atoms with van der Waals surface area (Å²) in [7, 11) is 0. The number of aryl methyl sites for hydroxylation is 2. The van der Waals surface area contributed by atoms with Crippen LogP contribution in [0.3, 0.4) is 0 Å². The molecule has 6 heteroatoms. The van der Waals surface area contributed by atoms with E-state index in [1.165, 1.54) is 30.4 Å². The predicted octanol–water partition coefficient (Wildman–Crippen LogP) is 3.26. The van der Waals surface area contributed by atoms with Gasteiger partial charge in [0, 0.05) is 5.69 Å². The highest BCUT2D eigenvalue weighted by Gasteiger charge is 2.22. The largest absolute Gasteiger partial charge is 0.480 e. The standard InChI is InChI=1S/C18H27NO2.C2H5NO2/c1-4-15-10-8-9-13(2)17(15)19-14(3)18(20)21-16-11-6-5-7-12-16;3-1-2(4)5/h8-10,14,16,19H,4-7,11-12H2,1-3H3;1,3H2,(H,4,5)/t14-;/m0./s1. The molecule has 26 heavy (non-hydrogen) atoms. The van der Waals surface area contributed by atoms with E-state index < -0.39 is 5.97 Å². The van der Waals surface area contributed by atoms with Crippen molar-refractivity contribution in [3.8, 4) is 0 Å². The maximum Gasteiger partial charge on any atom is 0.328 e. The molecule has 6 nitrogen and oxygen atoms in total. The van der Waals surface area contributed by atoms with Crippen molar-refractivity contribution >= 4 is 17.6 Å². The number of nitrogens with two attached hydrogens (primary N) is 1. The van der Waals surface area contributed by atoms with Gasteiger partial charge in [-0.3, -0.25) is 4.79 Å². The van der Waals surface area contributed by atoms with Gasteiger partial charge in [-0.15, -0.1) is 0 Å². The summed E-state index contributed by atoms with van der Waals surface area (Å²) in [5.41, 5.74) is 8.06. The van der Waals surface area contributed by atoms with E-state index >= 15 is 0 Å². The molecule has 0 saturated heterocycles. The minimum Gasteiger partial charge on any atom is -0.480 e. The molecule has 1 aromatic rings. The number of aliphatic carboxylic acids is 1. The van der Waals surface area contributed by atoms with Crippen molar-refractivity contribution in [3.63, 3.8) is 0 Å². The summed E-state index contributed by atoms with van der Waals surface area (Å²) < 4.78 is 5.64. The highest BCUT2D eigenvalue weighted by molar-refractivity contribution is 5.80. The number of rotatable bonds is 6. The number of ether oxygens (including phenoxy) is 1. The van der Waals surface area contributed by atoms with E-state index in [0.29, 0.717) is 0 Å². The quantitative estimate of drug-likeness (QED) is 0.670. The summed E-state index contributed by atoms with van der Waals surface area (Å²) in [5.74, 6) is -1.10. The van der Waals surface area contributed by atoms with Gasteiger partial charge < -0.3 is 20.9 Å². The summed E-state index contributed by atoms with van der Waals surface area (Å²) in [5, 5.41) is 10.9. The van der Waals surface area contributed by atoms with Crippen molar-refractivity contribution in [2.75, 3.05) is 11.9 Å². The highest BCUT2D eigenvalue weighted by Crippen LogP contribution is 2.24. The maximum atomic E-state index is 12.2. The van der Waals surface area contributed by atoms with Gasteiger partial charge in [0.1, 0.15) is 12.1 Å². The zero-order chi connectivity index (χ0) is 19.5. The second-order valence-electron chi connectivity index (χ2n) is 6.62. The van der Waals surface area contributed by atoms with Crippen LogP contribution in [0.4, 0.5) is 5.69 Å². The molecule has 0 aromatic heterocycles. The second kappa shape index (κ2) is 11.5. The maximum absolute atomic E-state index is 12.2. The predicted molar refractivity (Wildman–Crippen MR) is 103 cm³/mol. The van der Waals surface area contributed by atoms with Gasteiger partial charge in [-0.05, 0) is 57.1 Å². The molecule has 1 aromatic carbocycles. The van der Waals surface area contributed by atoms with E-state index in [2.05, 4.69) is 43.1 Å². The smallest absolute Gasteiger partial charge is 0.328 e. The van der Waals surface area contributed by atoms with Crippen LogP contribution in [0.25, 0.3) is 0 Å². The Morgan fingerprint density at radius 3 is 2.46 bits per heavy atom. The van der Waals surface area contributed by atoms with Gasteiger partial charge in [0.05, 0.1) is 6.54 Å². The second-order valence-corrected chi connectivity index (χ2v) is 6.62. The Hall–Kier alpha value is -2.08. The van der Waals surface area contributed by atoms with Crippen LogP contribution in [0.1, 0.15) is 57.1 Å². The molecule has 0 spiro atoms. The zero-order valence-electron chi connectivity index (χ0n) is 16.1. The Morgan fingerprint density at radius 2 is 1.92 bits per heavy atom. The number of benzene rings is 1. The van der Waals surface area contributed by atoms with Crippen molar-refractivity contribution in [2.24, 2.45) is 5.73 Å². The lowest BCUT2D eigenvalue weighted by Gasteiger charge is -2.25. The Kier molecular flexibility index (Phi) is 9.73. The lowest BCUT2D eigenvalue weighted by Crippen LogP contribution is -2.33. The molecule has 0 heterocycles. The molecule has 1 atom stereocenters. The number of anilines is 1. The SMILES string of the molecule is CCc1cccc(C)c1N[C@@H](C)C(=O)OC1CCCCC1.NCC(=O)O. The Morgan fingerprint density at radius 1 is 1.31 bits per heavy atom. The third-order valence-corrected chi connectivity index (χ3v) is 4.46. The lowest BCUT2D eigenvalue weighted by atomic mass is 9.98. The molecular formula is C20H32N2O4. The van der Waals surface area contributed by atoms with Crippen molar-refractivity contribution in [3.05, 3.63) is 29.3 Å². The summed E-state index contributed by atoms with van der Waals surface area (Å²) in [6, 6.07) is 5.93. The molecule has 146 valence electrons. The van der Waals surface area contributed by atoms with Gasteiger partial charge in [0.2, 0.25) is 0 Å². The average Bonchev–Trinajstić information content (AvgIpc) is 2.64. The van der Waals surface area contributed by atoms with E-state index in [0.717, 1.165) is 24.9 Å². The van der Waals surface area contributed by atoms with Gasteiger partial charge in [-0.2, -0.15) is 0 Å². The number of hydrogen-bond donors (Lipinski definition) is 3. The normalized spacial score (nSPS) is 15.4. The molecule has 1 fully saturated rings. The average molecular weight is 364 g/mol. The molecule has 1 aliphatic rings. The first-order valence-electron chi connectivity index (χ1n) is 9.36. The summed E-state index contributed by atoms with van der Waals surface area (Å²) in [6.45, 7) is 5.81. The number of esters is 1. The first-order valence-corrected chi connectivity index (χ1v) is 9.36. The molecule has 0 radical (unpaired) electrons. The zero-order valence-corrected chi connectivity index (χ0v) is 16.1. The van der Waals surface area contributed by atoms with Crippen LogP contribution in [-0.2, 0) is 20.7 Å². The summed E-state index contributed by atoms with van der Waals surface area (Å²) in [4.78, 5) is 21.5. The van der Waals surface area contributed by atoms with Gasteiger partial charge in [0.25, 0.3) is 0 Å². The van der Waals surface area contributed by atoms with Crippen LogP contribution in [0, 0.1) is 6.92 Å². The van der Waals surface area contributed by atoms with Crippen molar-refractivity contribution in [1.82, 2.24) is 0 Å². The first kappa shape index (κ1) is 22.0. The Labute approximate surface area is 156 Å². The minimum absolute atomic E-state index is 0.123. The number of para-hydroxylation sites is 1. The van der Waals surface area contributed by atoms with E-state index in [9.17, 15) is 9.59 Å². The van der Waals surface area contributed by atoms with Gasteiger partial charge in [0.15, 0.2) is 0 Å². The molecule has 4 N–H and O–H groups in total. The van der Waals surface area contributed by atoms with E-state index in [4.69, 9.17) is 9.84 Å². The summed E-state index contributed by atoms with van der Waals surface area (Å²) >= 11 is 0. The number of hydrogen-bond acceptors (Lipinski definition) is 5. The molecule has 0 unspecified atom stereocenters. The molecule has 1 saturated carbocycles. The van der Waals surface area contributed by atoms with E-state index in [1.54, 1.807) is 0 Å². The van der Waals surface area contributed by atoms with Crippen LogP contribution >= 0.6 is 0 Å². The van der Waals surface area contributed by atoms with E-state index in [-0.39, 0.29) is 24.7 Å². The number of carbonyl (C=O) groups is 2. The number of carboxylic acid groups (broad SMARTS) is 1. The van der Waals surface area contributed by atoms with Crippen LogP contribution in [0.15, 0.2) is 18.2 Å². The molecule has 1 aliphatic carbocycles. The van der Waals surface area contributed by atoms with Crippen molar-refractivity contribution < 1.29 is 19.4 Å². The van der Waals surface area contributed by atoms with Crippen LogP contribution in [-0.4, -0.2) is 35.7 Å². The summed E-state index contributed by atoms with van der Waals surface area (Å²) in [6.07, 6.45) is 6.73. The fraction of sp³-hybridized carbons (Fsp3) is 0.600.